The van der Waals surface area contributed by atoms with Crippen LogP contribution in [0.5, 0.6) is 0 Å². The van der Waals surface area contributed by atoms with E-state index in [1.54, 1.807) is 7.11 Å². The van der Waals surface area contributed by atoms with Crippen LogP contribution in [0.25, 0.3) is 0 Å². The van der Waals surface area contributed by atoms with Crippen LogP contribution in [0, 0.1) is 5.92 Å². The summed E-state index contributed by atoms with van der Waals surface area (Å²) in [5, 5.41) is 3.64. The molecule has 2 heteroatoms. The van der Waals surface area contributed by atoms with E-state index in [0.29, 0.717) is 12.0 Å². The summed E-state index contributed by atoms with van der Waals surface area (Å²) in [4.78, 5) is 0. The molecule has 2 unspecified atom stereocenters. The maximum absolute atomic E-state index is 5.06. The second kappa shape index (κ2) is 5.46. The summed E-state index contributed by atoms with van der Waals surface area (Å²) < 4.78 is 5.06. The molecule has 0 aliphatic heterocycles. The molecular formula is C14H21NO. The molecule has 88 valence electrons. The molecule has 1 aromatic rings. The second-order valence-corrected chi connectivity index (χ2v) is 4.66. The van der Waals surface area contributed by atoms with Gasteiger partial charge in [0.05, 0.1) is 0 Å². The van der Waals surface area contributed by atoms with E-state index in [1.807, 2.05) is 0 Å². The van der Waals surface area contributed by atoms with Gasteiger partial charge < -0.3 is 10.1 Å². The fourth-order valence-electron chi connectivity index (χ4n) is 2.58. The quantitative estimate of drug-likeness (QED) is 0.768. The maximum atomic E-state index is 5.06. The van der Waals surface area contributed by atoms with Crippen LogP contribution in [0.15, 0.2) is 24.3 Å². The van der Waals surface area contributed by atoms with Crippen molar-refractivity contribution in [2.75, 3.05) is 20.3 Å². The van der Waals surface area contributed by atoms with Gasteiger partial charge in [-0.05, 0) is 36.4 Å². The first-order chi connectivity index (χ1) is 7.83. The third-order valence-electron chi connectivity index (χ3n) is 3.39. The number of rotatable bonds is 5. The van der Waals surface area contributed by atoms with Crippen molar-refractivity contribution in [3.05, 3.63) is 35.4 Å². The Morgan fingerprint density at radius 1 is 1.38 bits per heavy atom. The minimum Gasteiger partial charge on any atom is -0.385 e. The average Bonchev–Trinajstić information content (AvgIpc) is 2.61. The predicted molar refractivity (Wildman–Crippen MR) is 66.5 cm³/mol. The van der Waals surface area contributed by atoms with Gasteiger partial charge in [-0.25, -0.2) is 0 Å². The Morgan fingerprint density at radius 3 is 3.00 bits per heavy atom. The molecule has 0 radical (unpaired) electrons. The van der Waals surface area contributed by atoms with Crippen LogP contribution in [0.2, 0.25) is 0 Å². The smallest absolute Gasteiger partial charge is 0.0474 e. The lowest BCUT2D eigenvalue weighted by Gasteiger charge is -2.18. The summed E-state index contributed by atoms with van der Waals surface area (Å²) in [6.07, 6.45) is 2.29. The third kappa shape index (κ3) is 2.45. The number of nitrogens with one attached hydrogen (secondary N) is 1. The molecule has 0 saturated heterocycles. The van der Waals surface area contributed by atoms with E-state index in [4.69, 9.17) is 4.74 Å². The van der Waals surface area contributed by atoms with Gasteiger partial charge in [-0.2, -0.15) is 0 Å². The number of hydrogen-bond acceptors (Lipinski definition) is 2. The molecule has 1 aliphatic rings. The molecule has 0 bridgehead atoms. The molecule has 2 nitrogen and oxygen atoms in total. The zero-order chi connectivity index (χ0) is 11.4. The largest absolute Gasteiger partial charge is 0.385 e. The van der Waals surface area contributed by atoms with Crippen molar-refractivity contribution in [3.8, 4) is 0 Å². The highest BCUT2D eigenvalue weighted by atomic mass is 16.5. The standard InChI is InChI=1S/C14H21NO/c1-11-10-12-6-3-4-7-13(12)14(11)15-8-5-9-16-2/h3-4,6-7,11,14-15H,5,8-10H2,1-2H3. The van der Waals surface area contributed by atoms with Gasteiger partial charge in [-0.15, -0.1) is 0 Å². The lowest BCUT2D eigenvalue weighted by Crippen LogP contribution is -2.25. The highest BCUT2D eigenvalue weighted by molar-refractivity contribution is 5.35. The molecule has 2 rings (SSSR count). The number of ether oxygens (including phenoxy) is 1. The van der Waals surface area contributed by atoms with E-state index in [2.05, 4.69) is 36.5 Å². The van der Waals surface area contributed by atoms with Gasteiger partial charge >= 0.3 is 0 Å². The van der Waals surface area contributed by atoms with Gasteiger partial charge in [-0.1, -0.05) is 31.2 Å². The van der Waals surface area contributed by atoms with Gasteiger partial charge in [0.2, 0.25) is 0 Å². The molecule has 0 spiro atoms. The van der Waals surface area contributed by atoms with Crippen molar-refractivity contribution >= 4 is 0 Å². The van der Waals surface area contributed by atoms with Crippen molar-refractivity contribution in [1.82, 2.24) is 5.32 Å². The lowest BCUT2D eigenvalue weighted by atomic mass is 10.0. The predicted octanol–water partition coefficient (Wildman–Crippen LogP) is 2.55. The normalized spacial score (nSPS) is 23.4. The van der Waals surface area contributed by atoms with Gasteiger partial charge in [0.1, 0.15) is 0 Å². The van der Waals surface area contributed by atoms with E-state index in [1.165, 1.54) is 17.5 Å². The molecule has 0 saturated carbocycles. The second-order valence-electron chi connectivity index (χ2n) is 4.66. The van der Waals surface area contributed by atoms with Crippen LogP contribution in [0.1, 0.15) is 30.5 Å². The molecule has 1 N–H and O–H groups in total. The van der Waals surface area contributed by atoms with Crippen molar-refractivity contribution in [2.24, 2.45) is 5.92 Å². The van der Waals surface area contributed by atoms with E-state index in [-0.39, 0.29) is 0 Å². The van der Waals surface area contributed by atoms with Crippen LogP contribution in [0.4, 0.5) is 0 Å². The van der Waals surface area contributed by atoms with Gasteiger partial charge in [0, 0.05) is 19.8 Å². The van der Waals surface area contributed by atoms with Crippen molar-refractivity contribution < 1.29 is 4.74 Å². The summed E-state index contributed by atoms with van der Waals surface area (Å²) in [6.45, 7) is 4.21. The Balaban J connectivity index is 1.94. The van der Waals surface area contributed by atoms with Gasteiger partial charge in [0.15, 0.2) is 0 Å². The number of hydrogen-bond donors (Lipinski definition) is 1. The molecule has 2 atom stereocenters. The molecule has 0 fully saturated rings. The highest BCUT2D eigenvalue weighted by Crippen LogP contribution is 2.35. The topological polar surface area (TPSA) is 21.3 Å². The summed E-state index contributed by atoms with van der Waals surface area (Å²) in [5.41, 5.74) is 3.01. The molecule has 0 amide bonds. The van der Waals surface area contributed by atoms with E-state index in [0.717, 1.165) is 19.6 Å². The van der Waals surface area contributed by atoms with Crippen LogP contribution in [0.3, 0.4) is 0 Å². The van der Waals surface area contributed by atoms with Crippen LogP contribution < -0.4 is 5.32 Å². The first-order valence-electron chi connectivity index (χ1n) is 6.13. The Bertz CT molecular complexity index is 337. The summed E-state index contributed by atoms with van der Waals surface area (Å²) in [5.74, 6) is 0.708. The van der Waals surface area contributed by atoms with Crippen LogP contribution >= 0.6 is 0 Å². The molecule has 0 aromatic heterocycles. The number of benzene rings is 1. The molecule has 16 heavy (non-hydrogen) atoms. The molecule has 1 aromatic carbocycles. The molecule has 0 heterocycles. The SMILES string of the molecule is COCCCNC1c2ccccc2CC1C. The Kier molecular flexibility index (Phi) is 3.97. The fourth-order valence-corrected chi connectivity index (χ4v) is 2.58. The summed E-state index contributed by atoms with van der Waals surface area (Å²) >= 11 is 0. The number of methoxy groups -OCH3 is 1. The Labute approximate surface area is 98.0 Å². The van der Waals surface area contributed by atoms with Crippen LogP contribution in [-0.2, 0) is 11.2 Å². The van der Waals surface area contributed by atoms with E-state index in [9.17, 15) is 0 Å². The van der Waals surface area contributed by atoms with Crippen molar-refractivity contribution in [3.63, 3.8) is 0 Å². The fraction of sp³-hybridized carbons (Fsp3) is 0.571. The Hall–Kier alpha value is -0.860. The first kappa shape index (κ1) is 11.6. The minimum absolute atomic E-state index is 0.535. The monoisotopic (exact) mass is 219 g/mol. The third-order valence-corrected chi connectivity index (χ3v) is 3.39. The van der Waals surface area contributed by atoms with Crippen molar-refractivity contribution in [2.45, 2.75) is 25.8 Å². The van der Waals surface area contributed by atoms with Crippen molar-refractivity contribution in [1.29, 1.82) is 0 Å². The van der Waals surface area contributed by atoms with Crippen LogP contribution in [-0.4, -0.2) is 20.3 Å². The van der Waals surface area contributed by atoms with E-state index >= 15 is 0 Å². The zero-order valence-electron chi connectivity index (χ0n) is 10.2. The van der Waals surface area contributed by atoms with Gasteiger partial charge in [0.25, 0.3) is 0 Å². The highest BCUT2D eigenvalue weighted by Gasteiger charge is 2.27. The average molecular weight is 219 g/mol. The lowest BCUT2D eigenvalue weighted by molar-refractivity contribution is 0.192. The first-order valence-corrected chi connectivity index (χ1v) is 6.13. The van der Waals surface area contributed by atoms with E-state index < -0.39 is 0 Å². The summed E-state index contributed by atoms with van der Waals surface area (Å²) in [7, 11) is 1.76. The maximum Gasteiger partial charge on any atom is 0.0474 e. The zero-order valence-corrected chi connectivity index (χ0v) is 10.2. The Morgan fingerprint density at radius 2 is 2.19 bits per heavy atom. The number of fused-ring (bicyclic) bond motifs is 1. The summed E-state index contributed by atoms with van der Waals surface area (Å²) in [6, 6.07) is 9.32. The van der Waals surface area contributed by atoms with Gasteiger partial charge in [-0.3, -0.25) is 0 Å². The molecular weight excluding hydrogens is 198 g/mol. The minimum atomic E-state index is 0.535. The molecule has 1 aliphatic carbocycles.